The molecule has 9 nitrogen and oxygen atoms in total. The summed E-state index contributed by atoms with van der Waals surface area (Å²) in [6.07, 6.45) is 0. The summed E-state index contributed by atoms with van der Waals surface area (Å²) in [4.78, 5) is 25.9. The summed E-state index contributed by atoms with van der Waals surface area (Å²) in [6.45, 7) is 0. The Balaban J connectivity index is 1.81. The summed E-state index contributed by atoms with van der Waals surface area (Å²) >= 11 is 2.77. The number of amides is 1. The molecule has 2 aliphatic heterocycles. The Hall–Kier alpha value is -1.59. The SMILES string of the molecule is Cn1nnc(SCC2=C(C(=O)O)N3C(=O)[C@H](N)[C@@H]3SC2)n1. The molecule has 1 fully saturated rings. The highest BCUT2D eigenvalue weighted by Gasteiger charge is 2.51. The number of aryl methyl sites for hydroxylation is 1. The first-order chi connectivity index (χ1) is 9.99. The number of nitrogens with zero attached hydrogens (tertiary/aromatic N) is 5. The number of carbonyl (C=O) groups excluding carboxylic acids is 1. The number of carbonyl (C=O) groups is 2. The zero-order chi connectivity index (χ0) is 15.1. The second kappa shape index (κ2) is 5.31. The molecule has 0 saturated carbocycles. The molecule has 0 spiro atoms. The van der Waals surface area contributed by atoms with Crippen molar-refractivity contribution in [3.05, 3.63) is 11.3 Å². The van der Waals surface area contributed by atoms with Crippen molar-refractivity contribution in [2.24, 2.45) is 12.8 Å². The topological polar surface area (TPSA) is 127 Å². The Morgan fingerprint density at radius 2 is 2.38 bits per heavy atom. The molecule has 0 aliphatic carbocycles. The number of carboxylic acid groups (broad SMARTS) is 1. The van der Waals surface area contributed by atoms with E-state index in [4.69, 9.17) is 5.73 Å². The Bertz CT molecular complexity index is 644. The Kier molecular flexibility index (Phi) is 3.63. The first-order valence-electron chi connectivity index (χ1n) is 6.01. The number of carboxylic acids is 1. The zero-order valence-corrected chi connectivity index (χ0v) is 12.6. The third kappa shape index (κ3) is 2.40. The second-order valence-corrected chi connectivity index (χ2v) is 6.59. The van der Waals surface area contributed by atoms with E-state index in [9.17, 15) is 14.7 Å². The highest BCUT2D eigenvalue weighted by molar-refractivity contribution is 8.01. The molecule has 11 heteroatoms. The smallest absolute Gasteiger partial charge is 0.352 e. The molecular formula is C10H12N6O3S2. The largest absolute Gasteiger partial charge is 0.477 e. The lowest BCUT2D eigenvalue weighted by Gasteiger charge is -2.48. The zero-order valence-electron chi connectivity index (χ0n) is 11.0. The van der Waals surface area contributed by atoms with E-state index < -0.39 is 12.0 Å². The average molecular weight is 328 g/mol. The van der Waals surface area contributed by atoms with Crippen molar-refractivity contribution in [3.8, 4) is 0 Å². The van der Waals surface area contributed by atoms with Gasteiger partial charge in [0.15, 0.2) is 0 Å². The molecule has 1 aromatic heterocycles. The summed E-state index contributed by atoms with van der Waals surface area (Å²) < 4.78 is 0. The number of thioether (sulfide) groups is 2. The van der Waals surface area contributed by atoms with Gasteiger partial charge in [0.25, 0.3) is 0 Å². The van der Waals surface area contributed by atoms with Gasteiger partial charge in [-0.15, -0.1) is 22.0 Å². The van der Waals surface area contributed by atoms with Gasteiger partial charge in [0, 0.05) is 11.5 Å². The van der Waals surface area contributed by atoms with Gasteiger partial charge in [-0.05, 0) is 10.8 Å². The quantitative estimate of drug-likeness (QED) is 0.522. The fourth-order valence-electron chi connectivity index (χ4n) is 2.17. The van der Waals surface area contributed by atoms with Crippen LogP contribution in [0.1, 0.15) is 0 Å². The molecule has 1 saturated heterocycles. The average Bonchev–Trinajstić information content (AvgIpc) is 2.88. The number of fused-ring (bicyclic) bond motifs is 1. The van der Waals surface area contributed by atoms with Crippen LogP contribution in [-0.2, 0) is 16.6 Å². The molecule has 2 atom stereocenters. The van der Waals surface area contributed by atoms with Crippen molar-refractivity contribution in [3.63, 3.8) is 0 Å². The van der Waals surface area contributed by atoms with Gasteiger partial charge in [-0.1, -0.05) is 11.8 Å². The van der Waals surface area contributed by atoms with Crippen molar-refractivity contribution in [1.29, 1.82) is 0 Å². The fraction of sp³-hybridized carbons (Fsp3) is 0.500. The van der Waals surface area contributed by atoms with Crippen molar-refractivity contribution >= 4 is 35.4 Å². The summed E-state index contributed by atoms with van der Waals surface area (Å²) in [7, 11) is 1.65. The highest BCUT2D eigenvalue weighted by atomic mass is 32.2. The van der Waals surface area contributed by atoms with E-state index in [-0.39, 0.29) is 17.0 Å². The number of aliphatic carboxylic acids is 1. The number of aromatic nitrogens is 4. The van der Waals surface area contributed by atoms with Crippen LogP contribution in [0.25, 0.3) is 0 Å². The normalized spacial score (nSPS) is 24.9. The number of hydrogen-bond acceptors (Lipinski definition) is 8. The van der Waals surface area contributed by atoms with Crippen LogP contribution in [0.2, 0.25) is 0 Å². The molecule has 3 rings (SSSR count). The number of hydrogen-bond donors (Lipinski definition) is 2. The van der Waals surface area contributed by atoms with Crippen LogP contribution in [0, 0.1) is 0 Å². The van der Waals surface area contributed by atoms with Crippen molar-refractivity contribution in [2.75, 3.05) is 11.5 Å². The van der Waals surface area contributed by atoms with E-state index in [1.807, 2.05) is 0 Å². The van der Waals surface area contributed by atoms with Gasteiger partial charge in [0.2, 0.25) is 11.1 Å². The minimum Gasteiger partial charge on any atom is -0.477 e. The van der Waals surface area contributed by atoms with Crippen LogP contribution in [0.4, 0.5) is 0 Å². The third-order valence-corrected chi connectivity index (χ3v) is 5.43. The molecule has 21 heavy (non-hydrogen) atoms. The van der Waals surface area contributed by atoms with Crippen molar-refractivity contribution in [1.82, 2.24) is 25.1 Å². The van der Waals surface area contributed by atoms with E-state index in [0.29, 0.717) is 22.2 Å². The lowest BCUT2D eigenvalue weighted by atomic mass is 10.0. The van der Waals surface area contributed by atoms with Gasteiger partial charge in [-0.25, -0.2) is 4.79 Å². The Labute approximate surface area is 127 Å². The molecule has 0 unspecified atom stereocenters. The molecule has 112 valence electrons. The van der Waals surface area contributed by atoms with Gasteiger partial charge in [0.1, 0.15) is 17.1 Å². The molecule has 1 amide bonds. The summed E-state index contributed by atoms with van der Waals surface area (Å²) in [5, 5.41) is 21.1. The van der Waals surface area contributed by atoms with E-state index in [1.54, 1.807) is 7.05 Å². The summed E-state index contributed by atoms with van der Waals surface area (Å²) in [5.74, 6) is -0.531. The Morgan fingerprint density at radius 3 is 3.00 bits per heavy atom. The van der Waals surface area contributed by atoms with Gasteiger partial charge >= 0.3 is 5.97 Å². The predicted molar refractivity (Wildman–Crippen MR) is 75.3 cm³/mol. The van der Waals surface area contributed by atoms with Crippen LogP contribution >= 0.6 is 23.5 Å². The second-order valence-electron chi connectivity index (χ2n) is 4.54. The maximum absolute atomic E-state index is 11.8. The van der Waals surface area contributed by atoms with Crippen LogP contribution in [0.5, 0.6) is 0 Å². The highest BCUT2D eigenvalue weighted by Crippen LogP contribution is 2.40. The first kappa shape index (κ1) is 14.4. The molecule has 0 aromatic carbocycles. The van der Waals surface area contributed by atoms with Crippen LogP contribution in [-0.4, -0.2) is 65.0 Å². The fourth-order valence-corrected chi connectivity index (χ4v) is 4.40. The monoisotopic (exact) mass is 328 g/mol. The predicted octanol–water partition coefficient (Wildman–Crippen LogP) is -1.12. The van der Waals surface area contributed by atoms with Gasteiger partial charge < -0.3 is 10.8 Å². The minimum absolute atomic E-state index is 0.0434. The lowest BCUT2D eigenvalue weighted by molar-refractivity contribution is -0.147. The van der Waals surface area contributed by atoms with Crippen LogP contribution in [0.3, 0.4) is 0 Å². The number of β-lactam (4-membered cyclic amide) rings is 1. The van der Waals surface area contributed by atoms with E-state index in [2.05, 4.69) is 15.4 Å². The van der Waals surface area contributed by atoms with E-state index in [0.717, 1.165) is 0 Å². The molecular weight excluding hydrogens is 316 g/mol. The van der Waals surface area contributed by atoms with Gasteiger partial charge in [-0.3, -0.25) is 9.69 Å². The Morgan fingerprint density at radius 1 is 1.62 bits per heavy atom. The number of nitrogens with two attached hydrogens (primary N) is 1. The minimum atomic E-state index is -1.11. The van der Waals surface area contributed by atoms with Crippen LogP contribution < -0.4 is 5.73 Å². The van der Waals surface area contributed by atoms with E-state index >= 15 is 0 Å². The molecule has 1 aromatic rings. The van der Waals surface area contributed by atoms with Gasteiger partial charge in [-0.2, -0.15) is 4.80 Å². The maximum atomic E-state index is 11.8. The molecule has 0 bridgehead atoms. The lowest BCUT2D eigenvalue weighted by Crippen LogP contribution is -2.68. The summed E-state index contributed by atoms with van der Waals surface area (Å²) in [5.41, 5.74) is 6.40. The standard InChI is InChI=1S/C10H12N6O3S2/c1-15-13-10(12-14-15)21-3-4-2-20-8-5(11)7(17)16(8)6(4)9(18)19/h5,8H,2-3,11H2,1H3,(H,18,19)/t5-,8-/m0/s1. The van der Waals surface area contributed by atoms with E-state index in [1.165, 1.54) is 33.2 Å². The molecule has 2 aliphatic rings. The maximum Gasteiger partial charge on any atom is 0.352 e. The molecule has 3 heterocycles. The van der Waals surface area contributed by atoms with Crippen molar-refractivity contribution < 1.29 is 14.7 Å². The van der Waals surface area contributed by atoms with Gasteiger partial charge in [0.05, 0.1) is 7.05 Å². The third-order valence-electron chi connectivity index (χ3n) is 3.16. The number of tetrazole rings is 1. The molecule has 3 N–H and O–H groups in total. The first-order valence-corrected chi connectivity index (χ1v) is 8.05. The number of rotatable bonds is 4. The van der Waals surface area contributed by atoms with Crippen molar-refractivity contribution in [2.45, 2.75) is 16.6 Å². The van der Waals surface area contributed by atoms with Crippen LogP contribution in [0.15, 0.2) is 16.4 Å². The summed E-state index contributed by atoms with van der Waals surface area (Å²) in [6, 6.07) is -0.611. The molecule has 0 radical (unpaired) electrons.